The maximum absolute atomic E-state index is 12.3. The van der Waals surface area contributed by atoms with Crippen LogP contribution in [0, 0.1) is 5.92 Å². The van der Waals surface area contributed by atoms with E-state index in [1.165, 1.54) is 6.42 Å². The number of amides is 1. The number of carbonyl (C=O) groups excluding carboxylic acids is 1. The van der Waals surface area contributed by atoms with Gasteiger partial charge in [0.2, 0.25) is 0 Å². The van der Waals surface area contributed by atoms with Gasteiger partial charge in [-0.25, -0.2) is 0 Å². The quantitative estimate of drug-likeness (QED) is 0.850. The minimum absolute atomic E-state index is 0.0132. The Bertz CT molecular complexity index is 490. The zero-order valence-corrected chi connectivity index (χ0v) is 13.7. The molecular weight excluding hydrogens is 262 g/mol. The van der Waals surface area contributed by atoms with Gasteiger partial charge in [-0.15, -0.1) is 0 Å². The number of nitrogens with zero attached hydrogens (tertiary/aromatic N) is 1. The van der Waals surface area contributed by atoms with Crippen molar-refractivity contribution in [2.45, 2.75) is 46.0 Å². The summed E-state index contributed by atoms with van der Waals surface area (Å²) in [7, 11) is 0. The van der Waals surface area contributed by atoms with Crippen LogP contribution < -0.4 is 4.74 Å². The first-order valence-electron chi connectivity index (χ1n) is 7.88. The molecule has 1 unspecified atom stereocenters. The molecule has 3 nitrogen and oxygen atoms in total. The van der Waals surface area contributed by atoms with Gasteiger partial charge < -0.3 is 9.64 Å². The van der Waals surface area contributed by atoms with Gasteiger partial charge in [0.15, 0.2) is 6.61 Å². The average Bonchev–Trinajstić information content (AvgIpc) is 2.44. The molecule has 1 aliphatic rings. The Kier molecular flexibility index (Phi) is 4.92. The van der Waals surface area contributed by atoms with Gasteiger partial charge in [0, 0.05) is 13.1 Å². The lowest BCUT2D eigenvalue weighted by Gasteiger charge is -2.31. The molecule has 1 atom stereocenters. The minimum Gasteiger partial charge on any atom is -0.483 e. The molecule has 1 saturated heterocycles. The number of carbonyl (C=O) groups is 1. The van der Waals surface area contributed by atoms with Crippen molar-refractivity contribution in [1.29, 1.82) is 0 Å². The van der Waals surface area contributed by atoms with Gasteiger partial charge in [-0.2, -0.15) is 0 Å². The molecule has 0 aliphatic carbocycles. The highest BCUT2D eigenvalue weighted by Gasteiger charge is 2.23. The number of piperidine rings is 1. The van der Waals surface area contributed by atoms with Crippen molar-refractivity contribution in [3.05, 3.63) is 29.8 Å². The normalized spacial score (nSPS) is 19.4. The predicted molar refractivity (Wildman–Crippen MR) is 85.6 cm³/mol. The fraction of sp³-hybridized carbons (Fsp3) is 0.611. The van der Waals surface area contributed by atoms with Crippen LogP contribution in [0.25, 0.3) is 0 Å². The van der Waals surface area contributed by atoms with Gasteiger partial charge >= 0.3 is 0 Å². The van der Waals surface area contributed by atoms with Gasteiger partial charge in [-0.1, -0.05) is 45.9 Å². The third-order valence-corrected chi connectivity index (χ3v) is 4.06. The van der Waals surface area contributed by atoms with Crippen LogP contribution >= 0.6 is 0 Å². The first-order chi connectivity index (χ1) is 9.88. The Hall–Kier alpha value is -1.51. The number of hydrogen-bond donors (Lipinski definition) is 0. The maximum atomic E-state index is 12.3. The highest BCUT2D eigenvalue weighted by atomic mass is 16.5. The lowest BCUT2D eigenvalue weighted by molar-refractivity contribution is -0.135. The summed E-state index contributed by atoms with van der Waals surface area (Å²) in [5.74, 6) is 1.53. The Labute approximate surface area is 128 Å². The topological polar surface area (TPSA) is 29.5 Å². The van der Waals surface area contributed by atoms with Crippen LogP contribution in [0.2, 0.25) is 0 Å². The molecule has 1 aromatic rings. The van der Waals surface area contributed by atoms with E-state index in [9.17, 15) is 4.79 Å². The molecule has 0 aromatic heterocycles. The van der Waals surface area contributed by atoms with E-state index in [-0.39, 0.29) is 17.9 Å². The monoisotopic (exact) mass is 289 g/mol. The van der Waals surface area contributed by atoms with Gasteiger partial charge in [0.05, 0.1) is 0 Å². The van der Waals surface area contributed by atoms with E-state index in [0.717, 1.165) is 30.8 Å². The lowest BCUT2D eigenvalue weighted by Crippen LogP contribution is -2.41. The minimum atomic E-state index is 0.0132. The fourth-order valence-electron chi connectivity index (χ4n) is 2.86. The van der Waals surface area contributed by atoms with Crippen molar-refractivity contribution < 1.29 is 9.53 Å². The number of likely N-dealkylation sites (tertiary alicyclic amines) is 1. The third-order valence-electron chi connectivity index (χ3n) is 4.06. The van der Waals surface area contributed by atoms with E-state index in [4.69, 9.17) is 4.74 Å². The zero-order valence-electron chi connectivity index (χ0n) is 13.7. The van der Waals surface area contributed by atoms with Gasteiger partial charge in [-0.05, 0) is 35.8 Å². The number of para-hydroxylation sites is 1. The smallest absolute Gasteiger partial charge is 0.260 e. The summed E-state index contributed by atoms with van der Waals surface area (Å²) in [6.45, 7) is 10.5. The Morgan fingerprint density at radius 2 is 2.05 bits per heavy atom. The number of benzene rings is 1. The van der Waals surface area contributed by atoms with E-state index in [1.807, 2.05) is 23.1 Å². The summed E-state index contributed by atoms with van der Waals surface area (Å²) in [6, 6.07) is 8.00. The molecule has 0 N–H and O–H groups in total. The van der Waals surface area contributed by atoms with Crippen molar-refractivity contribution in [3.63, 3.8) is 0 Å². The molecular formula is C18H27NO2. The van der Waals surface area contributed by atoms with Crippen molar-refractivity contribution in [2.75, 3.05) is 19.7 Å². The molecule has 21 heavy (non-hydrogen) atoms. The molecule has 1 aromatic carbocycles. The SMILES string of the molecule is CC1CCCN(C(=O)COc2ccccc2C(C)(C)C)C1. The first kappa shape index (κ1) is 15.9. The van der Waals surface area contributed by atoms with E-state index in [0.29, 0.717) is 5.92 Å². The molecule has 0 saturated carbocycles. The van der Waals surface area contributed by atoms with E-state index >= 15 is 0 Å². The zero-order chi connectivity index (χ0) is 15.5. The van der Waals surface area contributed by atoms with E-state index < -0.39 is 0 Å². The summed E-state index contributed by atoms with van der Waals surface area (Å²) in [5.41, 5.74) is 1.16. The average molecular weight is 289 g/mol. The van der Waals surface area contributed by atoms with Gasteiger partial charge in [0.25, 0.3) is 5.91 Å². The highest BCUT2D eigenvalue weighted by Crippen LogP contribution is 2.31. The van der Waals surface area contributed by atoms with Crippen molar-refractivity contribution in [2.24, 2.45) is 5.92 Å². The summed E-state index contributed by atoms with van der Waals surface area (Å²) in [4.78, 5) is 14.2. The molecule has 1 fully saturated rings. The molecule has 0 radical (unpaired) electrons. The number of ether oxygens (including phenoxy) is 1. The second-order valence-electron chi connectivity index (χ2n) is 7.12. The molecule has 0 spiro atoms. The molecule has 116 valence electrons. The molecule has 3 heteroatoms. The van der Waals surface area contributed by atoms with E-state index in [2.05, 4.69) is 33.8 Å². The summed E-state index contributed by atoms with van der Waals surface area (Å²) in [5, 5.41) is 0. The first-order valence-corrected chi connectivity index (χ1v) is 7.88. The Morgan fingerprint density at radius 1 is 1.33 bits per heavy atom. The third kappa shape index (κ3) is 4.23. The molecule has 1 amide bonds. The van der Waals surface area contributed by atoms with Crippen LogP contribution in [0.5, 0.6) is 5.75 Å². The van der Waals surface area contributed by atoms with E-state index in [1.54, 1.807) is 0 Å². The second-order valence-corrected chi connectivity index (χ2v) is 7.12. The highest BCUT2D eigenvalue weighted by molar-refractivity contribution is 5.78. The summed E-state index contributed by atoms with van der Waals surface area (Å²) < 4.78 is 5.82. The van der Waals surface area contributed by atoms with Crippen LogP contribution in [0.15, 0.2) is 24.3 Å². The Morgan fingerprint density at radius 3 is 2.71 bits per heavy atom. The fourth-order valence-corrected chi connectivity index (χ4v) is 2.86. The number of rotatable bonds is 3. The van der Waals surface area contributed by atoms with Crippen LogP contribution in [-0.2, 0) is 10.2 Å². The maximum Gasteiger partial charge on any atom is 0.260 e. The Balaban J connectivity index is 1.98. The molecule has 2 rings (SSSR count). The van der Waals surface area contributed by atoms with Crippen LogP contribution in [0.4, 0.5) is 0 Å². The molecule has 1 heterocycles. The molecule has 1 aliphatic heterocycles. The van der Waals surface area contributed by atoms with Crippen LogP contribution in [0.1, 0.15) is 46.1 Å². The standard InChI is InChI=1S/C18H27NO2/c1-14-8-7-11-19(12-14)17(20)13-21-16-10-6-5-9-15(16)18(2,3)4/h5-6,9-10,14H,7-8,11-13H2,1-4H3. The second kappa shape index (κ2) is 6.50. The van der Waals surface area contributed by atoms with Gasteiger partial charge in [-0.3, -0.25) is 4.79 Å². The predicted octanol–water partition coefficient (Wildman–Crippen LogP) is 3.62. The van der Waals surface area contributed by atoms with Crippen molar-refractivity contribution in [3.8, 4) is 5.75 Å². The van der Waals surface area contributed by atoms with Crippen molar-refractivity contribution in [1.82, 2.24) is 4.90 Å². The largest absolute Gasteiger partial charge is 0.483 e. The van der Waals surface area contributed by atoms with Crippen molar-refractivity contribution >= 4 is 5.91 Å². The molecule has 0 bridgehead atoms. The lowest BCUT2D eigenvalue weighted by atomic mass is 9.86. The van der Waals surface area contributed by atoms with Crippen LogP contribution in [-0.4, -0.2) is 30.5 Å². The van der Waals surface area contributed by atoms with Crippen LogP contribution in [0.3, 0.4) is 0 Å². The van der Waals surface area contributed by atoms with Gasteiger partial charge in [0.1, 0.15) is 5.75 Å². The summed E-state index contributed by atoms with van der Waals surface area (Å²) in [6.07, 6.45) is 2.32. The number of hydrogen-bond acceptors (Lipinski definition) is 2. The summed E-state index contributed by atoms with van der Waals surface area (Å²) >= 11 is 0.